The molecule has 0 aromatic carbocycles. The Kier molecular flexibility index (Phi) is 4.52. The zero-order chi connectivity index (χ0) is 9.52. The third-order valence-electron chi connectivity index (χ3n) is 2.52. The summed E-state index contributed by atoms with van der Waals surface area (Å²) in [5.41, 5.74) is 0. The first-order chi connectivity index (χ1) is 6.38. The molecule has 0 aliphatic heterocycles. The van der Waals surface area contributed by atoms with Crippen LogP contribution in [0.15, 0.2) is 24.3 Å². The number of unbranched alkanes of at least 4 members (excludes halogenated alkanes) is 2. The second-order valence-corrected chi connectivity index (χ2v) is 3.61. The van der Waals surface area contributed by atoms with Crippen molar-refractivity contribution in [2.24, 2.45) is 11.8 Å². The maximum Gasteiger partial charge on any atom is 0.124 e. The first-order valence-corrected chi connectivity index (χ1v) is 5.17. The minimum Gasteiger partial charge on any atom is -0.303 e. The molecule has 2 atom stereocenters. The Labute approximate surface area is 80.5 Å². The molecule has 0 fully saturated rings. The summed E-state index contributed by atoms with van der Waals surface area (Å²) < 4.78 is 0. The van der Waals surface area contributed by atoms with Crippen LogP contribution in [0, 0.1) is 11.8 Å². The summed E-state index contributed by atoms with van der Waals surface area (Å²) in [6.07, 6.45) is 14.3. The maximum atomic E-state index is 10.6. The van der Waals surface area contributed by atoms with Crippen molar-refractivity contribution < 1.29 is 4.79 Å². The van der Waals surface area contributed by atoms with Gasteiger partial charge in [0, 0.05) is 11.8 Å². The van der Waals surface area contributed by atoms with Gasteiger partial charge in [-0.15, -0.1) is 0 Å². The number of allylic oxidation sites excluding steroid dienone is 4. The molecule has 1 aliphatic carbocycles. The van der Waals surface area contributed by atoms with Gasteiger partial charge in [-0.1, -0.05) is 44.1 Å². The third-order valence-corrected chi connectivity index (χ3v) is 2.52. The van der Waals surface area contributed by atoms with Crippen molar-refractivity contribution >= 4 is 6.29 Å². The number of aldehydes is 1. The van der Waals surface area contributed by atoms with E-state index in [2.05, 4.69) is 31.2 Å². The van der Waals surface area contributed by atoms with Gasteiger partial charge in [-0.3, -0.25) is 0 Å². The van der Waals surface area contributed by atoms with Gasteiger partial charge in [0.25, 0.3) is 0 Å². The second-order valence-electron chi connectivity index (χ2n) is 3.61. The van der Waals surface area contributed by atoms with Gasteiger partial charge in [-0.25, -0.2) is 0 Å². The summed E-state index contributed by atoms with van der Waals surface area (Å²) >= 11 is 0. The number of hydrogen-bond donors (Lipinski definition) is 0. The van der Waals surface area contributed by atoms with Crippen LogP contribution in [0.25, 0.3) is 0 Å². The molecule has 0 bridgehead atoms. The van der Waals surface area contributed by atoms with E-state index in [-0.39, 0.29) is 5.92 Å². The molecule has 13 heavy (non-hydrogen) atoms. The average molecular weight is 178 g/mol. The summed E-state index contributed by atoms with van der Waals surface area (Å²) in [6.45, 7) is 2.19. The number of hydrogen-bond acceptors (Lipinski definition) is 1. The van der Waals surface area contributed by atoms with Crippen molar-refractivity contribution in [1.29, 1.82) is 0 Å². The van der Waals surface area contributed by atoms with E-state index in [0.717, 1.165) is 19.1 Å². The van der Waals surface area contributed by atoms with Crippen LogP contribution >= 0.6 is 0 Å². The molecule has 2 unspecified atom stereocenters. The summed E-state index contributed by atoms with van der Waals surface area (Å²) in [4.78, 5) is 10.6. The van der Waals surface area contributed by atoms with Crippen LogP contribution in [0.1, 0.15) is 32.6 Å². The van der Waals surface area contributed by atoms with Crippen molar-refractivity contribution in [2.45, 2.75) is 32.6 Å². The van der Waals surface area contributed by atoms with Crippen LogP contribution in [-0.4, -0.2) is 6.29 Å². The smallest absolute Gasteiger partial charge is 0.124 e. The lowest BCUT2D eigenvalue weighted by molar-refractivity contribution is -0.111. The molecule has 0 amide bonds. The lowest BCUT2D eigenvalue weighted by Crippen LogP contribution is -2.06. The third kappa shape index (κ3) is 3.17. The fourth-order valence-corrected chi connectivity index (χ4v) is 1.62. The van der Waals surface area contributed by atoms with Crippen molar-refractivity contribution in [3.8, 4) is 0 Å². The fraction of sp³-hybridized carbons (Fsp3) is 0.583. The minimum absolute atomic E-state index is 0.206. The van der Waals surface area contributed by atoms with E-state index in [1.54, 1.807) is 0 Å². The molecule has 0 spiro atoms. The molecule has 0 heterocycles. The number of carbonyl (C=O) groups is 1. The van der Waals surface area contributed by atoms with Gasteiger partial charge < -0.3 is 4.79 Å². The molecule has 0 aromatic heterocycles. The topological polar surface area (TPSA) is 17.1 Å². The van der Waals surface area contributed by atoms with E-state index in [4.69, 9.17) is 0 Å². The Morgan fingerprint density at radius 2 is 2.38 bits per heavy atom. The molecule has 0 N–H and O–H groups in total. The van der Waals surface area contributed by atoms with Crippen LogP contribution < -0.4 is 0 Å². The van der Waals surface area contributed by atoms with Crippen molar-refractivity contribution in [2.75, 3.05) is 0 Å². The molecule has 0 radical (unpaired) electrons. The fourth-order valence-electron chi connectivity index (χ4n) is 1.62. The molecule has 0 aromatic rings. The van der Waals surface area contributed by atoms with Crippen molar-refractivity contribution in [3.05, 3.63) is 24.3 Å². The van der Waals surface area contributed by atoms with Crippen LogP contribution in [0.4, 0.5) is 0 Å². The van der Waals surface area contributed by atoms with Crippen LogP contribution in [-0.2, 0) is 4.79 Å². The Morgan fingerprint density at radius 1 is 1.54 bits per heavy atom. The van der Waals surface area contributed by atoms with Gasteiger partial charge in [0.1, 0.15) is 6.29 Å². The highest BCUT2D eigenvalue weighted by atomic mass is 16.1. The predicted octanol–water partition coefficient (Wildman–Crippen LogP) is 3.12. The largest absolute Gasteiger partial charge is 0.303 e. The molecule has 1 rings (SSSR count). The van der Waals surface area contributed by atoms with E-state index in [1.807, 2.05) is 0 Å². The Morgan fingerprint density at radius 3 is 3.08 bits per heavy atom. The standard InChI is InChI=1S/C12H18O/c1-2-3-4-5-7-11-8-6-9-12(11)10-13/h5-8,10-12H,2-4,9H2,1H3/b7-5+. The molecule has 72 valence electrons. The zero-order valence-electron chi connectivity index (χ0n) is 8.28. The van der Waals surface area contributed by atoms with Crippen LogP contribution in [0.5, 0.6) is 0 Å². The number of rotatable bonds is 5. The Balaban J connectivity index is 2.30. The first-order valence-electron chi connectivity index (χ1n) is 5.17. The highest BCUT2D eigenvalue weighted by Crippen LogP contribution is 2.24. The normalized spacial score (nSPS) is 27.2. The first kappa shape index (κ1) is 10.2. The quantitative estimate of drug-likeness (QED) is 0.359. The lowest BCUT2D eigenvalue weighted by Gasteiger charge is -2.07. The highest BCUT2D eigenvalue weighted by Gasteiger charge is 2.18. The Bertz CT molecular complexity index is 203. The van der Waals surface area contributed by atoms with Gasteiger partial charge in [0.2, 0.25) is 0 Å². The SMILES string of the molecule is CCCC/C=C/C1C=CCC1C=O. The van der Waals surface area contributed by atoms with Gasteiger partial charge in [0.15, 0.2) is 0 Å². The van der Waals surface area contributed by atoms with Crippen molar-refractivity contribution in [1.82, 2.24) is 0 Å². The molecular weight excluding hydrogens is 160 g/mol. The van der Waals surface area contributed by atoms with E-state index in [0.29, 0.717) is 5.92 Å². The van der Waals surface area contributed by atoms with Gasteiger partial charge in [-0.2, -0.15) is 0 Å². The molecular formula is C12H18O. The Hall–Kier alpha value is -0.850. The summed E-state index contributed by atoms with van der Waals surface area (Å²) in [6, 6.07) is 0. The molecule has 0 saturated heterocycles. The molecule has 1 nitrogen and oxygen atoms in total. The average Bonchev–Trinajstić information content (AvgIpc) is 2.60. The summed E-state index contributed by atoms with van der Waals surface area (Å²) in [5, 5.41) is 0. The maximum absolute atomic E-state index is 10.6. The monoisotopic (exact) mass is 178 g/mol. The summed E-state index contributed by atoms with van der Waals surface area (Å²) in [7, 11) is 0. The molecule has 0 saturated carbocycles. The van der Waals surface area contributed by atoms with Gasteiger partial charge in [0.05, 0.1) is 0 Å². The van der Waals surface area contributed by atoms with E-state index < -0.39 is 0 Å². The zero-order valence-corrected chi connectivity index (χ0v) is 8.28. The molecule has 1 aliphatic rings. The van der Waals surface area contributed by atoms with Gasteiger partial charge >= 0.3 is 0 Å². The summed E-state index contributed by atoms with van der Waals surface area (Å²) in [5.74, 6) is 0.576. The van der Waals surface area contributed by atoms with Gasteiger partial charge in [-0.05, 0) is 12.8 Å². The lowest BCUT2D eigenvalue weighted by atomic mass is 9.96. The molecule has 1 heteroatoms. The second kappa shape index (κ2) is 5.74. The highest BCUT2D eigenvalue weighted by molar-refractivity contribution is 5.56. The number of carbonyl (C=O) groups excluding carboxylic acids is 1. The predicted molar refractivity (Wildman–Crippen MR) is 55.5 cm³/mol. The minimum atomic E-state index is 0.206. The van der Waals surface area contributed by atoms with E-state index in [9.17, 15) is 4.79 Å². The van der Waals surface area contributed by atoms with Crippen molar-refractivity contribution in [3.63, 3.8) is 0 Å². The van der Waals surface area contributed by atoms with E-state index in [1.165, 1.54) is 12.8 Å². The van der Waals surface area contributed by atoms with Crippen LogP contribution in [0.2, 0.25) is 0 Å². The van der Waals surface area contributed by atoms with Crippen LogP contribution in [0.3, 0.4) is 0 Å². The van der Waals surface area contributed by atoms with E-state index >= 15 is 0 Å².